The molecule has 1 aromatic carbocycles. The van der Waals surface area contributed by atoms with Gasteiger partial charge in [-0.15, -0.1) is 6.42 Å². The van der Waals surface area contributed by atoms with Crippen LogP contribution in [0, 0.1) is 12.3 Å². The minimum Gasteiger partial charge on any atom is -0.490 e. The van der Waals surface area contributed by atoms with Crippen LogP contribution in [0.4, 0.5) is 0 Å². The summed E-state index contributed by atoms with van der Waals surface area (Å²) >= 11 is 0. The van der Waals surface area contributed by atoms with Gasteiger partial charge in [0, 0.05) is 12.5 Å². The molecule has 3 nitrogen and oxygen atoms in total. The summed E-state index contributed by atoms with van der Waals surface area (Å²) in [7, 11) is 0. The first kappa shape index (κ1) is 13.8. The lowest BCUT2D eigenvalue weighted by atomic mass is 10.0. The third kappa shape index (κ3) is 3.42. The first-order valence-electron chi connectivity index (χ1n) is 6.67. The van der Waals surface area contributed by atoms with E-state index < -0.39 is 0 Å². The average molecular weight is 259 g/mol. The van der Waals surface area contributed by atoms with Crippen LogP contribution < -0.4 is 14.8 Å². The molecule has 0 spiro atoms. The normalized spacial score (nSPS) is 16.3. The Kier molecular flexibility index (Phi) is 4.01. The van der Waals surface area contributed by atoms with Gasteiger partial charge in [0.05, 0.1) is 18.8 Å². The summed E-state index contributed by atoms with van der Waals surface area (Å²) in [5, 5.41) is 3.41. The highest BCUT2D eigenvalue weighted by atomic mass is 16.5. The topological polar surface area (TPSA) is 30.5 Å². The number of terminal acetylenes is 1. The number of ether oxygens (including phenoxy) is 2. The van der Waals surface area contributed by atoms with Crippen LogP contribution in [-0.2, 0) is 0 Å². The van der Waals surface area contributed by atoms with Crippen molar-refractivity contribution in [2.45, 2.75) is 38.8 Å². The second-order valence-electron chi connectivity index (χ2n) is 5.39. The lowest BCUT2D eigenvalue weighted by molar-refractivity contribution is 0.297. The van der Waals surface area contributed by atoms with Gasteiger partial charge in [-0.05, 0) is 38.5 Å². The van der Waals surface area contributed by atoms with E-state index >= 15 is 0 Å². The first-order chi connectivity index (χ1) is 9.02. The molecule has 102 valence electrons. The summed E-state index contributed by atoms with van der Waals surface area (Å²) in [6.07, 6.45) is 6.43. The molecule has 0 aliphatic carbocycles. The summed E-state index contributed by atoms with van der Waals surface area (Å²) in [6, 6.07) is 6.21. The smallest absolute Gasteiger partial charge is 0.161 e. The van der Waals surface area contributed by atoms with E-state index in [-0.39, 0.29) is 11.6 Å². The highest BCUT2D eigenvalue weighted by Crippen LogP contribution is 2.32. The van der Waals surface area contributed by atoms with E-state index in [1.807, 2.05) is 26.0 Å². The fraction of sp³-hybridized carbons (Fsp3) is 0.500. The SMILES string of the molecule is C#CC(C)(C)NC(C)c1ccc2c(c1)OCCCO2. The summed E-state index contributed by atoms with van der Waals surface area (Å²) in [5.41, 5.74) is 0.816. The fourth-order valence-corrected chi connectivity index (χ4v) is 2.12. The fourth-order valence-electron chi connectivity index (χ4n) is 2.12. The van der Waals surface area contributed by atoms with Gasteiger partial charge in [0.15, 0.2) is 11.5 Å². The molecule has 0 bridgehead atoms. The molecule has 0 fully saturated rings. The minimum atomic E-state index is -0.330. The summed E-state index contributed by atoms with van der Waals surface area (Å²) in [5.74, 6) is 4.39. The van der Waals surface area contributed by atoms with Crippen molar-refractivity contribution in [1.29, 1.82) is 0 Å². The van der Waals surface area contributed by atoms with Gasteiger partial charge in [0.1, 0.15) is 0 Å². The number of benzene rings is 1. The molecule has 2 rings (SSSR count). The van der Waals surface area contributed by atoms with E-state index in [4.69, 9.17) is 15.9 Å². The highest BCUT2D eigenvalue weighted by molar-refractivity contribution is 5.44. The van der Waals surface area contributed by atoms with Crippen LogP contribution in [0.1, 0.15) is 38.8 Å². The summed E-state index contributed by atoms with van der Waals surface area (Å²) in [6.45, 7) is 7.50. The van der Waals surface area contributed by atoms with E-state index in [9.17, 15) is 0 Å². The van der Waals surface area contributed by atoms with Crippen molar-refractivity contribution >= 4 is 0 Å². The van der Waals surface area contributed by atoms with Crippen LogP contribution >= 0.6 is 0 Å². The molecule has 1 atom stereocenters. The molecule has 1 aliphatic heterocycles. The van der Waals surface area contributed by atoms with Gasteiger partial charge < -0.3 is 9.47 Å². The van der Waals surface area contributed by atoms with Crippen molar-refractivity contribution in [3.63, 3.8) is 0 Å². The lowest BCUT2D eigenvalue weighted by Gasteiger charge is -2.25. The van der Waals surface area contributed by atoms with Crippen LogP contribution in [0.2, 0.25) is 0 Å². The van der Waals surface area contributed by atoms with Crippen LogP contribution in [-0.4, -0.2) is 18.8 Å². The monoisotopic (exact) mass is 259 g/mol. The second-order valence-corrected chi connectivity index (χ2v) is 5.39. The molecule has 1 N–H and O–H groups in total. The summed E-state index contributed by atoms with van der Waals surface area (Å²) in [4.78, 5) is 0. The molecule has 0 saturated heterocycles. The zero-order valence-corrected chi connectivity index (χ0v) is 11.8. The number of hydrogen-bond acceptors (Lipinski definition) is 3. The van der Waals surface area contributed by atoms with Crippen molar-refractivity contribution in [3.8, 4) is 23.8 Å². The lowest BCUT2D eigenvalue weighted by Crippen LogP contribution is -2.39. The quantitative estimate of drug-likeness (QED) is 0.847. The standard InChI is InChI=1S/C16H21NO2/c1-5-16(3,4)17-12(2)13-7-8-14-15(11-13)19-10-6-9-18-14/h1,7-8,11-12,17H,6,9-10H2,2-4H3. The Labute approximate surface area is 115 Å². The van der Waals surface area contributed by atoms with E-state index in [0.29, 0.717) is 13.2 Å². The van der Waals surface area contributed by atoms with Gasteiger partial charge in [-0.25, -0.2) is 0 Å². The van der Waals surface area contributed by atoms with Crippen LogP contribution in [0.15, 0.2) is 18.2 Å². The molecule has 19 heavy (non-hydrogen) atoms. The van der Waals surface area contributed by atoms with Gasteiger partial charge in [0.2, 0.25) is 0 Å². The number of nitrogens with one attached hydrogen (secondary N) is 1. The Bertz CT molecular complexity index is 488. The molecule has 0 saturated carbocycles. The van der Waals surface area contributed by atoms with Crippen molar-refractivity contribution in [2.24, 2.45) is 0 Å². The number of hydrogen-bond donors (Lipinski definition) is 1. The molecule has 0 radical (unpaired) electrons. The zero-order valence-electron chi connectivity index (χ0n) is 11.8. The molecule has 1 aromatic rings. The van der Waals surface area contributed by atoms with Gasteiger partial charge in [-0.2, -0.15) is 0 Å². The zero-order chi connectivity index (χ0) is 13.9. The van der Waals surface area contributed by atoms with Crippen LogP contribution in [0.25, 0.3) is 0 Å². The van der Waals surface area contributed by atoms with Gasteiger partial charge in [-0.1, -0.05) is 12.0 Å². The third-order valence-electron chi connectivity index (χ3n) is 3.21. The third-order valence-corrected chi connectivity index (χ3v) is 3.21. The largest absolute Gasteiger partial charge is 0.490 e. The van der Waals surface area contributed by atoms with Crippen molar-refractivity contribution in [1.82, 2.24) is 5.32 Å². The Morgan fingerprint density at radius 3 is 2.63 bits per heavy atom. The second kappa shape index (κ2) is 5.54. The Morgan fingerprint density at radius 1 is 1.26 bits per heavy atom. The molecule has 1 heterocycles. The molecule has 0 amide bonds. The average Bonchev–Trinajstić information content (AvgIpc) is 2.62. The molecule has 0 aromatic heterocycles. The Hall–Kier alpha value is -1.66. The molecular formula is C16H21NO2. The van der Waals surface area contributed by atoms with Crippen molar-refractivity contribution in [2.75, 3.05) is 13.2 Å². The van der Waals surface area contributed by atoms with E-state index in [1.54, 1.807) is 0 Å². The molecule has 1 aliphatic rings. The van der Waals surface area contributed by atoms with Crippen LogP contribution in [0.5, 0.6) is 11.5 Å². The highest BCUT2D eigenvalue weighted by Gasteiger charge is 2.19. The van der Waals surface area contributed by atoms with Gasteiger partial charge in [-0.3, -0.25) is 5.32 Å². The number of rotatable bonds is 3. The first-order valence-corrected chi connectivity index (χ1v) is 6.67. The van der Waals surface area contributed by atoms with E-state index in [0.717, 1.165) is 23.5 Å². The Balaban J connectivity index is 2.17. The Morgan fingerprint density at radius 2 is 1.95 bits per heavy atom. The molecule has 1 unspecified atom stereocenters. The van der Waals surface area contributed by atoms with Crippen molar-refractivity contribution in [3.05, 3.63) is 23.8 Å². The molecular weight excluding hydrogens is 238 g/mol. The summed E-state index contributed by atoms with van der Waals surface area (Å²) < 4.78 is 11.3. The van der Waals surface area contributed by atoms with Gasteiger partial charge >= 0.3 is 0 Å². The van der Waals surface area contributed by atoms with Gasteiger partial charge in [0.25, 0.3) is 0 Å². The maximum atomic E-state index is 5.70. The van der Waals surface area contributed by atoms with Crippen molar-refractivity contribution < 1.29 is 9.47 Å². The molecule has 3 heteroatoms. The maximum Gasteiger partial charge on any atom is 0.161 e. The van der Waals surface area contributed by atoms with E-state index in [2.05, 4.69) is 24.2 Å². The van der Waals surface area contributed by atoms with Crippen LogP contribution in [0.3, 0.4) is 0 Å². The minimum absolute atomic E-state index is 0.156. The predicted molar refractivity (Wildman–Crippen MR) is 76.5 cm³/mol. The number of fused-ring (bicyclic) bond motifs is 1. The van der Waals surface area contributed by atoms with E-state index in [1.165, 1.54) is 0 Å². The predicted octanol–water partition coefficient (Wildman–Crippen LogP) is 2.91. The maximum absolute atomic E-state index is 5.70.